The van der Waals surface area contributed by atoms with Gasteiger partial charge in [-0.2, -0.15) is 0 Å². The van der Waals surface area contributed by atoms with Crippen LogP contribution < -0.4 is 5.32 Å². The van der Waals surface area contributed by atoms with Crippen LogP contribution >= 0.6 is 0 Å². The minimum atomic E-state index is -0.548. The van der Waals surface area contributed by atoms with E-state index in [1.165, 1.54) is 6.08 Å². The fourth-order valence-electron chi connectivity index (χ4n) is 1.38. The zero-order valence-corrected chi connectivity index (χ0v) is 13.7. The second kappa shape index (κ2) is 10.0. The van der Waals surface area contributed by atoms with Crippen LogP contribution in [-0.4, -0.2) is 30.8 Å². The van der Waals surface area contributed by atoms with Crippen LogP contribution in [0.15, 0.2) is 23.8 Å². The van der Waals surface area contributed by atoms with Crippen molar-refractivity contribution >= 4 is 12.1 Å². The number of rotatable bonds is 7. The van der Waals surface area contributed by atoms with Gasteiger partial charge in [-0.05, 0) is 39.7 Å². The number of alkyl carbamates (subject to hydrolysis) is 1. The molecule has 0 unspecified atom stereocenters. The summed E-state index contributed by atoms with van der Waals surface area (Å²) in [7, 11) is 0. The van der Waals surface area contributed by atoms with Gasteiger partial charge in [0, 0.05) is 12.6 Å². The van der Waals surface area contributed by atoms with Crippen molar-refractivity contribution in [3.8, 4) is 0 Å². The number of amides is 1. The van der Waals surface area contributed by atoms with E-state index in [1.54, 1.807) is 27.7 Å². The Morgan fingerprint density at radius 3 is 2.38 bits per heavy atom. The second-order valence-electron chi connectivity index (χ2n) is 5.52. The third kappa shape index (κ3) is 11.7. The van der Waals surface area contributed by atoms with Crippen LogP contribution in [-0.2, 0) is 14.3 Å². The van der Waals surface area contributed by atoms with Gasteiger partial charge in [-0.3, -0.25) is 0 Å². The number of carbonyl (C=O) groups is 2. The number of hydrogen-bond acceptors (Lipinski definition) is 4. The first-order valence-electron chi connectivity index (χ1n) is 7.29. The highest BCUT2D eigenvalue weighted by molar-refractivity contribution is 5.83. The molecule has 0 aliphatic heterocycles. The molecular formula is C16H27NO4. The maximum absolute atomic E-state index is 11.6. The van der Waals surface area contributed by atoms with Crippen molar-refractivity contribution in [2.75, 3.05) is 13.2 Å². The number of hydrogen-bond donors (Lipinski definition) is 1. The lowest BCUT2D eigenvalue weighted by molar-refractivity contribution is -0.137. The number of ether oxygens (including phenoxy) is 2. The van der Waals surface area contributed by atoms with E-state index in [0.29, 0.717) is 12.2 Å². The van der Waals surface area contributed by atoms with Crippen molar-refractivity contribution in [3.63, 3.8) is 0 Å². The Morgan fingerprint density at radius 1 is 1.19 bits per heavy atom. The predicted octanol–water partition coefficient (Wildman–Crippen LogP) is 3.36. The molecule has 0 aromatic carbocycles. The SMILES string of the molecule is CCC/C=C/C(=C\C(=O)OCC)CNC(=O)OC(C)(C)C. The van der Waals surface area contributed by atoms with Crippen molar-refractivity contribution < 1.29 is 19.1 Å². The van der Waals surface area contributed by atoms with Gasteiger partial charge in [-0.15, -0.1) is 0 Å². The van der Waals surface area contributed by atoms with Crippen molar-refractivity contribution in [2.45, 2.75) is 53.1 Å². The molecule has 0 spiro atoms. The number of esters is 1. The molecule has 0 rings (SSSR count). The van der Waals surface area contributed by atoms with E-state index < -0.39 is 17.7 Å². The summed E-state index contributed by atoms with van der Waals surface area (Å²) in [5, 5.41) is 2.63. The van der Waals surface area contributed by atoms with Gasteiger partial charge in [-0.25, -0.2) is 9.59 Å². The molecule has 0 aliphatic carbocycles. The fourth-order valence-corrected chi connectivity index (χ4v) is 1.38. The summed E-state index contributed by atoms with van der Waals surface area (Å²) in [6.07, 6.45) is 6.57. The van der Waals surface area contributed by atoms with Crippen LogP contribution in [0.2, 0.25) is 0 Å². The van der Waals surface area contributed by atoms with Gasteiger partial charge in [0.1, 0.15) is 5.60 Å². The monoisotopic (exact) mass is 297 g/mol. The van der Waals surface area contributed by atoms with E-state index in [-0.39, 0.29) is 6.54 Å². The van der Waals surface area contributed by atoms with Gasteiger partial charge in [0.2, 0.25) is 0 Å². The molecule has 5 nitrogen and oxygen atoms in total. The van der Waals surface area contributed by atoms with Gasteiger partial charge < -0.3 is 14.8 Å². The first kappa shape index (κ1) is 19.2. The second-order valence-corrected chi connectivity index (χ2v) is 5.52. The standard InChI is InChI=1S/C16H27NO4/c1-6-8-9-10-13(11-14(18)20-7-2)12-17-15(19)21-16(3,4)5/h9-11H,6-8,12H2,1-5H3,(H,17,19)/b10-9+,13-11+. The lowest BCUT2D eigenvalue weighted by atomic mass is 10.2. The molecule has 120 valence electrons. The smallest absolute Gasteiger partial charge is 0.407 e. The molecule has 1 N–H and O–H groups in total. The van der Waals surface area contributed by atoms with Gasteiger partial charge in [0.25, 0.3) is 0 Å². The van der Waals surface area contributed by atoms with Crippen LogP contribution in [0.1, 0.15) is 47.5 Å². The van der Waals surface area contributed by atoms with Crippen molar-refractivity contribution in [1.82, 2.24) is 5.32 Å². The van der Waals surface area contributed by atoms with Crippen molar-refractivity contribution in [2.24, 2.45) is 0 Å². The Balaban J connectivity index is 4.60. The number of nitrogens with one attached hydrogen (secondary N) is 1. The van der Waals surface area contributed by atoms with Crippen LogP contribution in [0.4, 0.5) is 4.79 Å². The molecule has 0 aliphatic rings. The quantitative estimate of drug-likeness (QED) is 0.444. The molecule has 0 saturated carbocycles. The average Bonchev–Trinajstić information content (AvgIpc) is 2.34. The maximum atomic E-state index is 11.6. The van der Waals surface area contributed by atoms with Crippen LogP contribution in [0.5, 0.6) is 0 Å². The van der Waals surface area contributed by atoms with E-state index in [4.69, 9.17) is 9.47 Å². The number of unbranched alkanes of at least 4 members (excludes halogenated alkanes) is 1. The Morgan fingerprint density at radius 2 is 1.86 bits per heavy atom. The first-order valence-corrected chi connectivity index (χ1v) is 7.29. The van der Waals surface area contributed by atoms with E-state index in [9.17, 15) is 9.59 Å². The Kier molecular flexibility index (Phi) is 9.17. The molecule has 21 heavy (non-hydrogen) atoms. The molecular weight excluding hydrogens is 270 g/mol. The Bertz CT molecular complexity index is 392. The fraction of sp³-hybridized carbons (Fsp3) is 0.625. The van der Waals surface area contributed by atoms with Gasteiger partial charge in [-0.1, -0.05) is 25.5 Å². The lowest BCUT2D eigenvalue weighted by Gasteiger charge is -2.19. The van der Waals surface area contributed by atoms with Gasteiger partial charge in [0.15, 0.2) is 0 Å². The van der Waals surface area contributed by atoms with Crippen molar-refractivity contribution in [3.05, 3.63) is 23.8 Å². The van der Waals surface area contributed by atoms with Gasteiger partial charge in [0.05, 0.1) is 6.61 Å². The summed E-state index contributed by atoms with van der Waals surface area (Å²) in [5.41, 5.74) is 0.125. The van der Waals surface area contributed by atoms with E-state index in [2.05, 4.69) is 12.2 Å². The van der Waals surface area contributed by atoms with E-state index in [0.717, 1.165) is 12.8 Å². The Hall–Kier alpha value is -1.78. The molecule has 0 atom stereocenters. The minimum Gasteiger partial charge on any atom is -0.463 e. The zero-order chi connectivity index (χ0) is 16.3. The highest BCUT2D eigenvalue weighted by atomic mass is 16.6. The third-order valence-electron chi connectivity index (χ3n) is 2.21. The summed E-state index contributed by atoms with van der Waals surface area (Å²) in [6, 6.07) is 0. The van der Waals surface area contributed by atoms with Crippen LogP contribution in [0, 0.1) is 0 Å². The minimum absolute atomic E-state index is 0.216. The molecule has 0 aromatic rings. The molecule has 5 heteroatoms. The lowest BCUT2D eigenvalue weighted by Crippen LogP contribution is -2.33. The van der Waals surface area contributed by atoms with E-state index >= 15 is 0 Å². The molecule has 0 saturated heterocycles. The average molecular weight is 297 g/mol. The summed E-state index contributed by atoms with van der Waals surface area (Å²) in [4.78, 5) is 23.1. The Labute approximate surface area is 127 Å². The normalized spacial score (nSPS) is 12.3. The largest absolute Gasteiger partial charge is 0.463 e. The third-order valence-corrected chi connectivity index (χ3v) is 2.21. The highest BCUT2D eigenvalue weighted by Crippen LogP contribution is 2.07. The van der Waals surface area contributed by atoms with Crippen LogP contribution in [0.25, 0.3) is 0 Å². The summed E-state index contributed by atoms with van der Waals surface area (Å²) < 4.78 is 10.0. The van der Waals surface area contributed by atoms with E-state index in [1.807, 2.05) is 12.2 Å². The number of carbonyl (C=O) groups excluding carboxylic acids is 2. The predicted molar refractivity (Wildman–Crippen MR) is 83.0 cm³/mol. The summed E-state index contributed by atoms with van der Waals surface area (Å²) in [5.74, 6) is -0.417. The topological polar surface area (TPSA) is 64.6 Å². The molecule has 1 amide bonds. The molecule has 0 fully saturated rings. The summed E-state index contributed by atoms with van der Waals surface area (Å²) >= 11 is 0. The van der Waals surface area contributed by atoms with Gasteiger partial charge >= 0.3 is 12.1 Å². The molecule has 0 radical (unpaired) electrons. The zero-order valence-electron chi connectivity index (χ0n) is 13.7. The van der Waals surface area contributed by atoms with Crippen LogP contribution in [0.3, 0.4) is 0 Å². The first-order chi connectivity index (χ1) is 9.78. The molecule has 0 bridgehead atoms. The molecule has 0 aromatic heterocycles. The highest BCUT2D eigenvalue weighted by Gasteiger charge is 2.15. The number of allylic oxidation sites excluding steroid dienone is 1. The summed E-state index contributed by atoms with van der Waals surface area (Å²) in [6.45, 7) is 9.74. The molecule has 0 heterocycles. The maximum Gasteiger partial charge on any atom is 0.407 e. The van der Waals surface area contributed by atoms with Crippen molar-refractivity contribution in [1.29, 1.82) is 0 Å².